The maximum Gasteiger partial charge on any atom is 0.243 e. The zero-order chi connectivity index (χ0) is 26.5. The van der Waals surface area contributed by atoms with E-state index in [4.69, 9.17) is 0 Å². The zero-order valence-electron chi connectivity index (χ0n) is 20.7. The van der Waals surface area contributed by atoms with Crippen molar-refractivity contribution in [1.29, 1.82) is 0 Å². The van der Waals surface area contributed by atoms with Gasteiger partial charge in [0.05, 0.1) is 16.3 Å². The van der Waals surface area contributed by atoms with Gasteiger partial charge in [0.2, 0.25) is 26.0 Å². The number of amides is 1. The molecule has 0 bridgehead atoms. The smallest absolute Gasteiger partial charge is 0.243 e. The molecule has 1 N–H and O–H groups in total. The molecule has 8 nitrogen and oxygen atoms in total. The van der Waals surface area contributed by atoms with Crippen LogP contribution in [0.1, 0.15) is 29.5 Å². The van der Waals surface area contributed by atoms with Gasteiger partial charge in [-0.1, -0.05) is 60.2 Å². The van der Waals surface area contributed by atoms with E-state index in [0.717, 1.165) is 28.3 Å². The van der Waals surface area contributed by atoms with Crippen LogP contribution in [0, 0.1) is 6.92 Å². The van der Waals surface area contributed by atoms with E-state index in [0.29, 0.717) is 18.7 Å². The molecule has 4 rings (SSSR count). The quantitative estimate of drug-likeness (QED) is 0.424. The molecule has 0 atom stereocenters. The number of carbonyl (C=O) groups excluding carboxylic acids is 1. The highest BCUT2D eigenvalue weighted by Gasteiger charge is 2.28. The predicted octanol–water partition coefficient (Wildman–Crippen LogP) is 3.29. The van der Waals surface area contributed by atoms with Crippen LogP contribution in [-0.4, -0.2) is 51.0 Å². The van der Waals surface area contributed by atoms with Gasteiger partial charge in [-0.3, -0.25) is 4.79 Å². The van der Waals surface area contributed by atoms with Gasteiger partial charge < -0.3 is 5.32 Å². The van der Waals surface area contributed by atoms with Gasteiger partial charge in [-0.15, -0.1) is 0 Å². The Hall–Kier alpha value is -3.05. The van der Waals surface area contributed by atoms with Crippen LogP contribution in [0.3, 0.4) is 0 Å². The molecule has 0 aromatic heterocycles. The van der Waals surface area contributed by atoms with Crippen molar-refractivity contribution in [3.05, 3.63) is 95.6 Å². The number of carbonyl (C=O) groups is 1. The summed E-state index contributed by atoms with van der Waals surface area (Å²) in [5, 5.41) is 2.76. The average molecular weight is 542 g/mol. The lowest BCUT2D eigenvalue weighted by Crippen LogP contribution is -2.40. The van der Waals surface area contributed by atoms with E-state index in [2.05, 4.69) is 5.32 Å². The number of sulfonamides is 2. The van der Waals surface area contributed by atoms with Crippen molar-refractivity contribution in [2.45, 2.75) is 42.6 Å². The molecular weight excluding hydrogens is 510 g/mol. The normalized spacial score (nSPS) is 14.6. The number of nitrogens with one attached hydrogen (secondary N) is 1. The maximum absolute atomic E-state index is 13.4. The third-order valence-corrected chi connectivity index (χ3v) is 10.0. The number of benzene rings is 3. The first kappa shape index (κ1) is 27.0. The molecule has 196 valence electrons. The van der Waals surface area contributed by atoms with Crippen LogP contribution in [0.25, 0.3) is 0 Å². The highest BCUT2D eigenvalue weighted by molar-refractivity contribution is 7.89. The van der Waals surface area contributed by atoms with Crippen molar-refractivity contribution in [3.63, 3.8) is 0 Å². The summed E-state index contributed by atoms with van der Waals surface area (Å²) in [5.41, 5.74) is 2.41. The summed E-state index contributed by atoms with van der Waals surface area (Å²) in [5.74, 6) is -0.458. The van der Waals surface area contributed by atoms with Crippen molar-refractivity contribution in [2.24, 2.45) is 0 Å². The molecule has 1 heterocycles. The van der Waals surface area contributed by atoms with Gasteiger partial charge in [-0.2, -0.15) is 8.61 Å². The second kappa shape index (κ2) is 11.6. The second-order valence-electron chi connectivity index (χ2n) is 9.10. The average Bonchev–Trinajstić information content (AvgIpc) is 3.44. The summed E-state index contributed by atoms with van der Waals surface area (Å²) < 4.78 is 54.8. The number of rotatable bonds is 10. The van der Waals surface area contributed by atoms with Crippen LogP contribution in [0.2, 0.25) is 0 Å². The zero-order valence-corrected chi connectivity index (χ0v) is 22.3. The fourth-order valence-electron chi connectivity index (χ4n) is 4.15. The lowest BCUT2D eigenvalue weighted by molar-refractivity contribution is -0.121. The number of aryl methyl sites for hydroxylation is 1. The first-order valence-electron chi connectivity index (χ1n) is 12.1. The van der Waals surface area contributed by atoms with Gasteiger partial charge >= 0.3 is 0 Å². The van der Waals surface area contributed by atoms with E-state index in [1.165, 1.54) is 16.4 Å². The minimum atomic E-state index is -3.92. The van der Waals surface area contributed by atoms with Gasteiger partial charge in [0.25, 0.3) is 0 Å². The summed E-state index contributed by atoms with van der Waals surface area (Å²) in [4.78, 5) is 13.2. The fourth-order valence-corrected chi connectivity index (χ4v) is 7.05. The van der Waals surface area contributed by atoms with Gasteiger partial charge in [0, 0.05) is 26.2 Å². The van der Waals surface area contributed by atoms with E-state index in [1.54, 1.807) is 36.4 Å². The molecule has 0 saturated carbocycles. The van der Waals surface area contributed by atoms with Crippen LogP contribution in [-0.2, 0) is 37.9 Å². The Morgan fingerprint density at radius 2 is 1.41 bits per heavy atom. The minimum absolute atomic E-state index is 0.0491. The van der Waals surface area contributed by atoms with Crippen LogP contribution in [0.4, 0.5) is 0 Å². The van der Waals surface area contributed by atoms with Crippen molar-refractivity contribution < 1.29 is 21.6 Å². The van der Waals surface area contributed by atoms with Crippen molar-refractivity contribution >= 4 is 26.0 Å². The predicted molar refractivity (Wildman–Crippen MR) is 141 cm³/mol. The van der Waals surface area contributed by atoms with Gasteiger partial charge in [-0.05, 0) is 55.2 Å². The molecule has 1 aliphatic heterocycles. The fraction of sp³-hybridized carbons (Fsp3) is 0.296. The maximum atomic E-state index is 13.4. The highest BCUT2D eigenvalue weighted by atomic mass is 32.2. The number of hydrogen-bond donors (Lipinski definition) is 1. The number of hydrogen-bond acceptors (Lipinski definition) is 5. The second-order valence-corrected chi connectivity index (χ2v) is 13.0. The van der Waals surface area contributed by atoms with E-state index >= 15 is 0 Å². The first-order valence-corrected chi connectivity index (χ1v) is 15.0. The Morgan fingerprint density at radius 1 is 0.811 bits per heavy atom. The minimum Gasteiger partial charge on any atom is -0.351 e. The van der Waals surface area contributed by atoms with Crippen LogP contribution in [0.15, 0.2) is 88.7 Å². The molecule has 10 heteroatoms. The molecule has 0 unspecified atom stereocenters. The van der Waals surface area contributed by atoms with Gasteiger partial charge in [0.15, 0.2) is 0 Å². The van der Waals surface area contributed by atoms with E-state index < -0.39 is 26.0 Å². The van der Waals surface area contributed by atoms with Crippen molar-refractivity contribution in [3.8, 4) is 0 Å². The first-order chi connectivity index (χ1) is 17.7. The summed E-state index contributed by atoms with van der Waals surface area (Å²) in [6.07, 6.45) is 1.73. The molecular formula is C27H31N3O5S2. The molecule has 3 aromatic carbocycles. The Balaban J connectivity index is 1.44. The van der Waals surface area contributed by atoms with Crippen molar-refractivity contribution in [2.75, 3.05) is 19.6 Å². The summed E-state index contributed by atoms with van der Waals surface area (Å²) in [7, 11) is -7.43. The standard InChI is InChI=1S/C27H31N3O5S2/c1-22-9-13-25(14-10-22)37(34,35)30(20-24-7-3-2-4-8-24)21-27(31)28-19-23-11-15-26(16-12-23)36(32,33)29-17-5-6-18-29/h2-4,7-16H,5-6,17-21H2,1H3,(H,28,31). The Morgan fingerprint density at radius 3 is 2.03 bits per heavy atom. The highest BCUT2D eigenvalue weighted by Crippen LogP contribution is 2.22. The SMILES string of the molecule is Cc1ccc(S(=O)(=O)N(CC(=O)NCc2ccc(S(=O)(=O)N3CCCC3)cc2)Cc2ccccc2)cc1. The van der Waals surface area contributed by atoms with E-state index in [-0.39, 0.29) is 29.4 Å². The van der Waals surface area contributed by atoms with Crippen LogP contribution < -0.4 is 5.32 Å². The molecule has 0 spiro atoms. The van der Waals surface area contributed by atoms with E-state index in [1.807, 2.05) is 37.3 Å². The Kier molecular flexibility index (Phi) is 8.43. The molecule has 1 aliphatic rings. The van der Waals surface area contributed by atoms with Crippen LogP contribution >= 0.6 is 0 Å². The lowest BCUT2D eigenvalue weighted by atomic mass is 10.2. The summed E-state index contributed by atoms with van der Waals surface area (Å²) in [6, 6.07) is 22.0. The lowest BCUT2D eigenvalue weighted by Gasteiger charge is -2.22. The molecule has 0 radical (unpaired) electrons. The summed E-state index contributed by atoms with van der Waals surface area (Å²) in [6.45, 7) is 2.78. The monoisotopic (exact) mass is 541 g/mol. The summed E-state index contributed by atoms with van der Waals surface area (Å²) >= 11 is 0. The van der Waals surface area contributed by atoms with Gasteiger partial charge in [0.1, 0.15) is 0 Å². The van der Waals surface area contributed by atoms with Gasteiger partial charge in [-0.25, -0.2) is 16.8 Å². The third kappa shape index (κ3) is 6.64. The molecule has 1 saturated heterocycles. The molecule has 3 aromatic rings. The number of nitrogens with zero attached hydrogens (tertiary/aromatic N) is 2. The van der Waals surface area contributed by atoms with Crippen LogP contribution in [0.5, 0.6) is 0 Å². The Bertz CT molecular complexity index is 1420. The largest absolute Gasteiger partial charge is 0.351 e. The van der Waals surface area contributed by atoms with E-state index in [9.17, 15) is 21.6 Å². The molecule has 37 heavy (non-hydrogen) atoms. The molecule has 1 fully saturated rings. The van der Waals surface area contributed by atoms with Crippen molar-refractivity contribution in [1.82, 2.24) is 13.9 Å². The Labute approximate surface area is 219 Å². The third-order valence-electron chi connectivity index (χ3n) is 6.30. The topological polar surface area (TPSA) is 104 Å². The molecule has 0 aliphatic carbocycles. The molecule has 1 amide bonds.